The lowest BCUT2D eigenvalue weighted by Gasteiger charge is -2.09. The molecule has 4 nitrogen and oxygen atoms in total. The maximum absolute atomic E-state index is 9.07. The molecule has 0 radical (unpaired) electrons. The smallest absolute Gasteiger partial charge is 0.154 e. The topological polar surface area (TPSA) is 62.2 Å². The maximum Gasteiger partial charge on any atom is 0.154 e. The summed E-state index contributed by atoms with van der Waals surface area (Å²) in [6, 6.07) is 0. The number of rotatable bonds is 6. The van der Waals surface area contributed by atoms with Crippen molar-refractivity contribution in [3.63, 3.8) is 0 Å². The van der Waals surface area contributed by atoms with Crippen LogP contribution in [0.25, 0.3) is 0 Å². The van der Waals surface area contributed by atoms with Crippen molar-refractivity contribution in [2.45, 2.75) is 25.2 Å². The standard InChI is InChI=1S/C7H14O4/c8-3-1-2-7(9)11-5-6-4-10-6/h6-9H,1-5H2. The molecule has 1 fully saturated rings. The zero-order chi connectivity index (χ0) is 8.10. The summed E-state index contributed by atoms with van der Waals surface area (Å²) in [5.41, 5.74) is 0. The van der Waals surface area contributed by atoms with Crippen molar-refractivity contribution in [3.05, 3.63) is 0 Å². The van der Waals surface area contributed by atoms with Gasteiger partial charge in [-0.05, 0) is 6.42 Å². The van der Waals surface area contributed by atoms with Gasteiger partial charge in [0, 0.05) is 13.0 Å². The van der Waals surface area contributed by atoms with Crippen LogP contribution in [0.5, 0.6) is 0 Å². The number of hydrogen-bond donors (Lipinski definition) is 2. The van der Waals surface area contributed by atoms with Gasteiger partial charge in [-0.3, -0.25) is 0 Å². The predicted octanol–water partition coefficient (Wildman–Crippen LogP) is -0.507. The van der Waals surface area contributed by atoms with Gasteiger partial charge in [0.25, 0.3) is 0 Å². The van der Waals surface area contributed by atoms with Gasteiger partial charge in [-0.2, -0.15) is 0 Å². The molecule has 0 aliphatic carbocycles. The average Bonchev–Trinajstić information content (AvgIpc) is 2.80. The number of ether oxygens (including phenoxy) is 2. The van der Waals surface area contributed by atoms with Crippen LogP contribution in [0, 0.1) is 0 Å². The van der Waals surface area contributed by atoms with Crippen LogP contribution in [0.1, 0.15) is 12.8 Å². The summed E-state index contributed by atoms with van der Waals surface area (Å²) in [7, 11) is 0. The third-order valence-corrected chi connectivity index (χ3v) is 1.49. The Balaban J connectivity index is 1.87. The van der Waals surface area contributed by atoms with Gasteiger partial charge in [-0.15, -0.1) is 0 Å². The molecule has 1 aliphatic rings. The number of aliphatic hydroxyl groups excluding tert-OH is 2. The third kappa shape index (κ3) is 4.31. The van der Waals surface area contributed by atoms with Gasteiger partial charge >= 0.3 is 0 Å². The molecule has 2 unspecified atom stereocenters. The summed E-state index contributed by atoms with van der Waals surface area (Å²) in [6.45, 7) is 1.31. The molecular formula is C7H14O4. The lowest BCUT2D eigenvalue weighted by Crippen LogP contribution is -2.15. The van der Waals surface area contributed by atoms with Crippen LogP contribution in [0.3, 0.4) is 0 Å². The highest BCUT2D eigenvalue weighted by Gasteiger charge is 2.23. The molecule has 11 heavy (non-hydrogen) atoms. The van der Waals surface area contributed by atoms with Crippen LogP contribution < -0.4 is 0 Å². The van der Waals surface area contributed by atoms with Gasteiger partial charge in [-0.25, -0.2) is 0 Å². The Morgan fingerprint density at radius 3 is 2.91 bits per heavy atom. The molecule has 2 N–H and O–H groups in total. The Labute approximate surface area is 65.7 Å². The zero-order valence-electron chi connectivity index (χ0n) is 6.40. The second-order valence-corrected chi connectivity index (χ2v) is 2.61. The van der Waals surface area contributed by atoms with E-state index in [0.717, 1.165) is 6.61 Å². The molecule has 1 heterocycles. The first kappa shape index (κ1) is 8.93. The second kappa shape index (κ2) is 4.66. The van der Waals surface area contributed by atoms with Gasteiger partial charge in [0.1, 0.15) is 6.10 Å². The molecule has 0 bridgehead atoms. The predicted molar refractivity (Wildman–Crippen MR) is 38.0 cm³/mol. The van der Waals surface area contributed by atoms with E-state index in [1.807, 2.05) is 0 Å². The minimum atomic E-state index is -0.744. The van der Waals surface area contributed by atoms with E-state index in [9.17, 15) is 0 Å². The normalized spacial score (nSPS) is 25.1. The van der Waals surface area contributed by atoms with Crippen LogP contribution in [0.4, 0.5) is 0 Å². The van der Waals surface area contributed by atoms with Crippen LogP contribution in [0.15, 0.2) is 0 Å². The fraction of sp³-hybridized carbons (Fsp3) is 1.00. The first-order valence-corrected chi connectivity index (χ1v) is 3.85. The first-order chi connectivity index (χ1) is 5.33. The molecule has 66 valence electrons. The summed E-state index contributed by atoms with van der Waals surface area (Å²) < 4.78 is 9.87. The summed E-state index contributed by atoms with van der Waals surface area (Å²) >= 11 is 0. The first-order valence-electron chi connectivity index (χ1n) is 3.85. The Morgan fingerprint density at radius 2 is 2.36 bits per heavy atom. The number of hydrogen-bond acceptors (Lipinski definition) is 4. The van der Waals surface area contributed by atoms with Crippen molar-refractivity contribution < 1.29 is 19.7 Å². The third-order valence-electron chi connectivity index (χ3n) is 1.49. The van der Waals surface area contributed by atoms with Gasteiger partial charge < -0.3 is 19.7 Å². The largest absolute Gasteiger partial charge is 0.396 e. The van der Waals surface area contributed by atoms with Crippen molar-refractivity contribution in [1.82, 2.24) is 0 Å². The number of aliphatic hydroxyl groups is 2. The van der Waals surface area contributed by atoms with E-state index in [1.54, 1.807) is 0 Å². The van der Waals surface area contributed by atoms with Gasteiger partial charge in [0.05, 0.1) is 13.2 Å². The molecule has 4 heteroatoms. The molecule has 0 aromatic heterocycles. The van der Waals surface area contributed by atoms with E-state index < -0.39 is 6.29 Å². The second-order valence-electron chi connectivity index (χ2n) is 2.61. The highest BCUT2D eigenvalue weighted by atomic mass is 16.6. The van der Waals surface area contributed by atoms with Crippen molar-refractivity contribution in [3.8, 4) is 0 Å². The fourth-order valence-electron chi connectivity index (χ4n) is 0.732. The fourth-order valence-corrected chi connectivity index (χ4v) is 0.732. The van der Waals surface area contributed by atoms with E-state index in [2.05, 4.69) is 0 Å². The SMILES string of the molecule is OCCCC(O)OCC1CO1. The molecule has 0 amide bonds. The lowest BCUT2D eigenvalue weighted by molar-refractivity contribution is -0.108. The minimum Gasteiger partial charge on any atom is -0.396 e. The zero-order valence-corrected chi connectivity index (χ0v) is 6.40. The van der Waals surface area contributed by atoms with Crippen LogP contribution in [0.2, 0.25) is 0 Å². The van der Waals surface area contributed by atoms with Crippen LogP contribution in [-0.2, 0) is 9.47 Å². The highest BCUT2D eigenvalue weighted by molar-refractivity contribution is 4.67. The lowest BCUT2D eigenvalue weighted by atomic mass is 10.3. The summed E-state index contributed by atoms with van der Waals surface area (Å²) in [6.07, 6.45) is 0.515. The minimum absolute atomic E-state index is 0.0976. The molecular weight excluding hydrogens is 148 g/mol. The average molecular weight is 162 g/mol. The Kier molecular flexibility index (Phi) is 3.79. The Morgan fingerprint density at radius 1 is 1.64 bits per heavy atom. The quantitative estimate of drug-likeness (QED) is 0.408. The molecule has 1 rings (SSSR count). The van der Waals surface area contributed by atoms with Gasteiger partial charge in [-0.1, -0.05) is 0 Å². The monoisotopic (exact) mass is 162 g/mol. The van der Waals surface area contributed by atoms with Crippen LogP contribution >= 0.6 is 0 Å². The molecule has 1 saturated heterocycles. The molecule has 2 atom stereocenters. The van der Waals surface area contributed by atoms with Gasteiger partial charge in [0.15, 0.2) is 6.29 Å². The highest BCUT2D eigenvalue weighted by Crippen LogP contribution is 2.10. The summed E-state index contributed by atoms with van der Waals surface area (Å²) in [4.78, 5) is 0. The Hall–Kier alpha value is -0.160. The van der Waals surface area contributed by atoms with Crippen LogP contribution in [-0.4, -0.2) is 42.4 Å². The van der Waals surface area contributed by atoms with E-state index in [0.29, 0.717) is 19.4 Å². The van der Waals surface area contributed by atoms with Crippen molar-refractivity contribution >= 4 is 0 Å². The summed E-state index contributed by atoms with van der Waals surface area (Å²) in [5, 5.41) is 17.5. The van der Waals surface area contributed by atoms with E-state index in [1.165, 1.54) is 0 Å². The maximum atomic E-state index is 9.07. The van der Waals surface area contributed by atoms with Crippen molar-refractivity contribution in [2.24, 2.45) is 0 Å². The van der Waals surface area contributed by atoms with E-state index in [4.69, 9.17) is 19.7 Å². The number of epoxide rings is 1. The molecule has 1 aliphatic heterocycles. The summed E-state index contributed by atoms with van der Waals surface area (Å²) in [5.74, 6) is 0. The van der Waals surface area contributed by atoms with Gasteiger partial charge in [0.2, 0.25) is 0 Å². The molecule has 0 saturated carbocycles. The van der Waals surface area contributed by atoms with E-state index in [-0.39, 0.29) is 12.7 Å². The molecule has 0 aromatic rings. The Bertz CT molecular complexity index is 103. The van der Waals surface area contributed by atoms with Crippen molar-refractivity contribution in [2.75, 3.05) is 19.8 Å². The molecule has 0 spiro atoms. The molecule has 0 aromatic carbocycles. The van der Waals surface area contributed by atoms with Crippen molar-refractivity contribution in [1.29, 1.82) is 0 Å². The van der Waals surface area contributed by atoms with E-state index >= 15 is 0 Å².